The van der Waals surface area contributed by atoms with Crippen molar-refractivity contribution in [2.75, 3.05) is 0 Å². The number of thiocarbonyl (C=S) groups is 2. The largest absolute Gasteiger partial charge is 0.0801 e. The zero-order valence-corrected chi connectivity index (χ0v) is 7.60. The summed E-state index contributed by atoms with van der Waals surface area (Å²) in [6.45, 7) is 3.98. The highest BCUT2D eigenvalue weighted by Gasteiger charge is 2.07. The standard InChI is InChI=1S/C8H8S2/c1-5-3-7(9)4-6(2)8(5)10/h3-4H,1-2H3. The minimum atomic E-state index is 0.878. The van der Waals surface area contributed by atoms with Gasteiger partial charge in [0.2, 0.25) is 0 Å². The Kier molecular flexibility index (Phi) is 2.11. The Morgan fingerprint density at radius 2 is 1.40 bits per heavy atom. The highest BCUT2D eigenvalue weighted by Crippen LogP contribution is 2.13. The second-order valence-electron chi connectivity index (χ2n) is 2.39. The van der Waals surface area contributed by atoms with E-state index in [1.165, 1.54) is 0 Å². The van der Waals surface area contributed by atoms with E-state index in [0.717, 1.165) is 20.9 Å². The van der Waals surface area contributed by atoms with Crippen LogP contribution in [-0.4, -0.2) is 9.73 Å². The number of rotatable bonds is 0. The molecule has 0 unspecified atom stereocenters. The first kappa shape index (κ1) is 7.76. The molecule has 0 radical (unpaired) electrons. The van der Waals surface area contributed by atoms with Crippen LogP contribution in [0.5, 0.6) is 0 Å². The van der Waals surface area contributed by atoms with Gasteiger partial charge in [0, 0.05) is 9.73 Å². The summed E-state index contributed by atoms with van der Waals surface area (Å²) >= 11 is 10.1. The van der Waals surface area contributed by atoms with E-state index in [4.69, 9.17) is 24.4 Å². The molecule has 0 amide bonds. The average molecular weight is 168 g/mol. The third kappa shape index (κ3) is 1.39. The van der Waals surface area contributed by atoms with Gasteiger partial charge < -0.3 is 0 Å². The van der Waals surface area contributed by atoms with Crippen LogP contribution >= 0.6 is 24.4 Å². The van der Waals surface area contributed by atoms with Gasteiger partial charge in [0.25, 0.3) is 0 Å². The summed E-state index contributed by atoms with van der Waals surface area (Å²) in [6.07, 6.45) is 3.87. The Hall–Kier alpha value is -0.340. The molecule has 1 aliphatic carbocycles. The smallest absolute Gasteiger partial charge is 0.0436 e. The van der Waals surface area contributed by atoms with Crippen molar-refractivity contribution < 1.29 is 0 Å². The fraction of sp³-hybridized carbons (Fsp3) is 0.250. The van der Waals surface area contributed by atoms with Crippen LogP contribution in [0.3, 0.4) is 0 Å². The lowest BCUT2D eigenvalue weighted by molar-refractivity contribution is 1.53. The van der Waals surface area contributed by atoms with E-state index in [-0.39, 0.29) is 0 Å². The van der Waals surface area contributed by atoms with Gasteiger partial charge in [-0.3, -0.25) is 0 Å². The van der Waals surface area contributed by atoms with E-state index in [1.54, 1.807) is 0 Å². The normalized spacial score (nSPS) is 18.6. The van der Waals surface area contributed by atoms with Crippen molar-refractivity contribution in [3.63, 3.8) is 0 Å². The molecule has 10 heavy (non-hydrogen) atoms. The van der Waals surface area contributed by atoms with Gasteiger partial charge in [-0.05, 0) is 37.1 Å². The Labute approximate surface area is 71.6 Å². The van der Waals surface area contributed by atoms with E-state index in [9.17, 15) is 0 Å². The minimum absolute atomic E-state index is 0.878. The summed E-state index contributed by atoms with van der Waals surface area (Å²) in [7, 11) is 0. The molecule has 0 fully saturated rings. The highest BCUT2D eigenvalue weighted by atomic mass is 32.1. The molecule has 0 N–H and O–H groups in total. The second-order valence-corrected chi connectivity index (χ2v) is 3.27. The lowest BCUT2D eigenvalue weighted by Gasteiger charge is -2.09. The number of hydrogen-bond donors (Lipinski definition) is 0. The van der Waals surface area contributed by atoms with Crippen molar-refractivity contribution in [3.05, 3.63) is 23.3 Å². The summed E-state index contributed by atoms with van der Waals surface area (Å²) < 4.78 is 0. The third-order valence-corrected chi connectivity index (χ3v) is 2.31. The Morgan fingerprint density at radius 3 is 1.80 bits per heavy atom. The van der Waals surface area contributed by atoms with Crippen LogP contribution < -0.4 is 0 Å². The van der Waals surface area contributed by atoms with Crippen molar-refractivity contribution >= 4 is 34.2 Å². The van der Waals surface area contributed by atoms with Gasteiger partial charge in [0.05, 0.1) is 0 Å². The molecule has 0 nitrogen and oxygen atoms in total. The van der Waals surface area contributed by atoms with Gasteiger partial charge in [-0.2, -0.15) is 0 Å². The van der Waals surface area contributed by atoms with Gasteiger partial charge in [0.15, 0.2) is 0 Å². The van der Waals surface area contributed by atoms with E-state index in [0.29, 0.717) is 0 Å². The van der Waals surface area contributed by atoms with Crippen molar-refractivity contribution in [1.82, 2.24) is 0 Å². The predicted octanol–water partition coefficient (Wildman–Crippen LogP) is 2.63. The van der Waals surface area contributed by atoms with Crippen molar-refractivity contribution in [2.45, 2.75) is 13.8 Å². The number of allylic oxidation sites excluding steroid dienone is 4. The molecule has 0 heterocycles. The van der Waals surface area contributed by atoms with Gasteiger partial charge in [0.1, 0.15) is 0 Å². The molecule has 0 atom stereocenters. The van der Waals surface area contributed by atoms with Crippen LogP contribution in [0, 0.1) is 0 Å². The minimum Gasteiger partial charge on any atom is -0.0801 e. The van der Waals surface area contributed by atoms with Crippen molar-refractivity contribution in [3.8, 4) is 0 Å². The zero-order valence-electron chi connectivity index (χ0n) is 5.97. The SMILES string of the molecule is CC1=CC(=S)C=C(C)C1=S. The maximum atomic E-state index is 5.11. The molecule has 0 aromatic carbocycles. The molecule has 0 aromatic rings. The maximum Gasteiger partial charge on any atom is 0.0436 e. The summed E-state index contributed by atoms with van der Waals surface area (Å²) in [6, 6.07) is 0. The fourth-order valence-corrected chi connectivity index (χ4v) is 1.38. The Bertz CT molecular complexity index is 232. The van der Waals surface area contributed by atoms with E-state index >= 15 is 0 Å². The molecular formula is C8H8S2. The molecule has 0 spiro atoms. The molecule has 0 aromatic heterocycles. The quantitative estimate of drug-likeness (QED) is 0.510. The molecule has 0 saturated heterocycles. The second kappa shape index (κ2) is 2.72. The van der Waals surface area contributed by atoms with Gasteiger partial charge in [-0.1, -0.05) is 24.4 Å². The number of hydrogen-bond acceptors (Lipinski definition) is 2. The van der Waals surface area contributed by atoms with Crippen molar-refractivity contribution in [2.24, 2.45) is 0 Å². The first-order chi connectivity index (χ1) is 4.61. The predicted molar refractivity (Wildman–Crippen MR) is 52.7 cm³/mol. The molecule has 0 saturated carbocycles. The van der Waals surface area contributed by atoms with E-state index < -0.39 is 0 Å². The van der Waals surface area contributed by atoms with Gasteiger partial charge >= 0.3 is 0 Å². The van der Waals surface area contributed by atoms with Gasteiger partial charge in [-0.15, -0.1) is 0 Å². The first-order valence-electron chi connectivity index (χ1n) is 3.06. The molecule has 1 aliphatic rings. The Morgan fingerprint density at radius 1 is 1.00 bits per heavy atom. The summed E-state index contributed by atoms with van der Waals surface area (Å²) in [4.78, 5) is 1.82. The topological polar surface area (TPSA) is 0 Å². The van der Waals surface area contributed by atoms with Crippen molar-refractivity contribution in [1.29, 1.82) is 0 Å². The summed E-state index contributed by atoms with van der Waals surface area (Å²) in [5.41, 5.74) is 2.22. The van der Waals surface area contributed by atoms with E-state index in [2.05, 4.69) is 0 Å². The molecule has 0 bridgehead atoms. The lowest BCUT2D eigenvalue weighted by atomic mass is 10.0. The van der Waals surface area contributed by atoms with Crippen LogP contribution in [0.25, 0.3) is 0 Å². The molecule has 1 rings (SSSR count). The molecule has 0 aliphatic heterocycles. The van der Waals surface area contributed by atoms with Gasteiger partial charge in [-0.25, -0.2) is 0 Å². The lowest BCUT2D eigenvalue weighted by Crippen LogP contribution is -2.06. The van der Waals surface area contributed by atoms with Crippen LogP contribution in [0.1, 0.15) is 13.8 Å². The van der Waals surface area contributed by atoms with Crippen LogP contribution in [0.15, 0.2) is 23.3 Å². The summed E-state index contributed by atoms with van der Waals surface area (Å²) in [5, 5.41) is 0. The molecule has 2 heteroatoms. The Balaban J connectivity index is 3.05. The third-order valence-electron chi connectivity index (χ3n) is 1.43. The maximum absolute atomic E-state index is 5.11. The highest BCUT2D eigenvalue weighted by molar-refractivity contribution is 7.82. The first-order valence-corrected chi connectivity index (χ1v) is 3.88. The molecule has 52 valence electrons. The fourth-order valence-electron chi connectivity index (χ4n) is 0.911. The monoisotopic (exact) mass is 168 g/mol. The van der Waals surface area contributed by atoms with Crippen LogP contribution in [0.2, 0.25) is 0 Å². The van der Waals surface area contributed by atoms with Crippen LogP contribution in [-0.2, 0) is 0 Å². The van der Waals surface area contributed by atoms with E-state index in [1.807, 2.05) is 26.0 Å². The summed E-state index contributed by atoms with van der Waals surface area (Å²) in [5.74, 6) is 0. The van der Waals surface area contributed by atoms with Crippen LogP contribution in [0.4, 0.5) is 0 Å². The molecular weight excluding hydrogens is 160 g/mol. The average Bonchev–Trinajstić information content (AvgIpc) is 1.82. The zero-order chi connectivity index (χ0) is 7.72.